The Hall–Kier alpha value is -2.17. The number of imide groups is 1. The number of rotatable bonds is 5. The van der Waals surface area contributed by atoms with Crippen LogP contribution in [0, 0.1) is 0 Å². The second kappa shape index (κ2) is 8.02. The molecule has 0 spiro atoms. The predicted molar refractivity (Wildman–Crippen MR) is 91.6 cm³/mol. The van der Waals surface area contributed by atoms with Gasteiger partial charge in [0.2, 0.25) is 10.0 Å². The van der Waals surface area contributed by atoms with Crippen LogP contribution in [0.25, 0.3) is 0 Å². The van der Waals surface area contributed by atoms with Gasteiger partial charge in [-0.3, -0.25) is 14.9 Å². The van der Waals surface area contributed by atoms with Gasteiger partial charge in [-0.1, -0.05) is 11.6 Å². The summed E-state index contributed by atoms with van der Waals surface area (Å²) in [5.41, 5.74) is 4.83. The van der Waals surface area contributed by atoms with E-state index in [2.05, 4.69) is 0 Å². The van der Waals surface area contributed by atoms with Crippen LogP contribution in [0.5, 0.6) is 0 Å². The maximum absolute atomic E-state index is 12.8. The molecule has 26 heavy (non-hydrogen) atoms. The molecule has 2 rings (SSSR count). The minimum Gasteiger partial charge on any atom is -0.451 e. The molecule has 142 valence electrons. The van der Waals surface area contributed by atoms with Crippen LogP contribution in [-0.4, -0.2) is 49.3 Å². The van der Waals surface area contributed by atoms with Crippen molar-refractivity contribution in [1.29, 1.82) is 0 Å². The van der Waals surface area contributed by atoms with Crippen LogP contribution in [0.4, 0.5) is 4.79 Å². The number of amides is 3. The second-order valence-corrected chi connectivity index (χ2v) is 7.99. The van der Waals surface area contributed by atoms with Crippen LogP contribution < -0.4 is 11.1 Å². The summed E-state index contributed by atoms with van der Waals surface area (Å²) in [5.74, 6) is -1.76. The van der Waals surface area contributed by atoms with E-state index in [1.807, 2.05) is 0 Å². The maximum atomic E-state index is 12.8. The van der Waals surface area contributed by atoms with Crippen molar-refractivity contribution in [3.63, 3.8) is 0 Å². The van der Waals surface area contributed by atoms with Gasteiger partial charge in [0.25, 0.3) is 5.91 Å². The van der Waals surface area contributed by atoms with E-state index in [1.54, 1.807) is 5.32 Å². The van der Waals surface area contributed by atoms with E-state index in [1.165, 1.54) is 31.2 Å². The fourth-order valence-corrected chi connectivity index (χ4v) is 4.31. The van der Waals surface area contributed by atoms with Crippen LogP contribution >= 0.6 is 11.6 Å². The SMILES string of the molecule is C[C@@H](OC(=O)[C@@H]1CCCN1S(=O)(=O)c1ccc(Cl)cc1)C(=O)NC(N)=O. The molecule has 1 aliphatic rings. The number of hydrogen-bond acceptors (Lipinski definition) is 6. The zero-order chi connectivity index (χ0) is 19.5. The van der Waals surface area contributed by atoms with Crippen molar-refractivity contribution in [3.05, 3.63) is 29.3 Å². The number of nitrogens with two attached hydrogens (primary N) is 1. The van der Waals surface area contributed by atoms with Gasteiger partial charge in [0.05, 0.1) is 4.90 Å². The van der Waals surface area contributed by atoms with Crippen LogP contribution in [0.1, 0.15) is 19.8 Å². The topological polar surface area (TPSA) is 136 Å². The zero-order valence-electron chi connectivity index (χ0n) is 13.8. The number of hydrogen-bond donors (Lipinski definition) is 2. The molecule has 9 nitrogen and oxygen atoms in total. The Bertz CT molecular complexity index is 811. The van der Waals surface area contributed by atoms with Crippen LogP contribution in [-0.2, 0) is 24.3 Å². The lowest BCUT2D eigenvalue weighted by atomic mass is 10.2. The first-order valence-electron chi connectivity index (χ1n) is 7.71. The van der Waals surface area contributed by atoms with Gasteiger partial charge in [-0.15, -0.1) is 0 Å². The quantitative estimate of drug-likeness (QED) is 0.691. The lowest BCUT2D eigenvalue weighted by molar-refractivity contribution is -0.157. The van der Waals surface area contributed by atoms with Crippen molar-refractivity contribution >= 4 is 39.5 Å². The van der Waals surface area contributed by atoms with Crippen molar-refractivity contribution in [2.24, 2.45) is 5.73 Å². The lowest BCUT2D eigenvalue weighted by Crippen LogP contribution is -2.46. The molecule has 1 saturated heterocycles. The van der Waals surface area contributed by atoms with Gasteiger partial charge in [-0.2, -0.15) is 4.31 Å². The van der Waals surface area contributed by atoms with E-state index in [9.17, 15) is 22.8 Å². The zero-order valence-corrected chi connectivity index (χ0v) is 15.4. The molecule has 1 fully saturated rings. The highest BCUT2D eigenvalue weighted by Crippen LogP contribution is 2.27. The molecule has 3 N–H and O–H groups in total. The number of esters is 1. The fraction of sp³-hybridized carbons (Fsp3) is 0.400. The molecule has 0 bridgehead atoms. The highest BCUT2D eigenvalue weighted by Gasteiger charge is 2.41. The Labute approximate surface area is 155 Å². The molecule has 1 aliphatic heterocycles. The Balaban J connectivity index is 2.14. The molecule has 3 amide bonds. The molecule has 0 aromatic heterocycles. The standard InChI is InChI=1S/C15H18ClN3O6S/c1-9(13(20)18-15(17)22)25-14(21)12-3-2-8-19(12)26(23,24)11-6-4-10(16)5-7-11/h4-7,9,12H,2-3,8H2,1H3,(H3,17,18,20,22)/t9-,12+/m1/s1. The van der Waals surface area contributed by atoms with Gasteiger partial charge < -0.3 is 10.5 Å². The average Bonchev–Trinajstić information content (AvgIpc) is 3.05. The Morgan fingerprint density at radius 3 is 2.50 bits per heavy atom. The largest absolute Gasteiger partial charge is 0.451 e. The number of sulfonamides is 1. The fourth-order valence-electron chi connectivity index (χ4n) is 2.53. The van der Waals surface area contributed by atoms with Gasteiger partial charge >= 0.3 is 12.0 Å². The summed E-state index contributed by atoms with van der Waals surface area (Å²) in [6.07, 6.45) is -0.569. The molecule has 1 heterocycles. The maximum Gasteiger partial charge on any atom is 0.325 e. The van der Waals surface area contributed by atoms with Crippen molar-refractivity contribution in [2.75, 3.05) is 6.54 Å². The molecular weight excluding hydrogens is 386 g/mol. The van der Waals surface area contributed by atoms with Gasteiger partial charge in [0, 0.05) is 11.6 Å². The Morgan fingerprint density at radius 1 is 1.31 bits per heavy atom. The summed E-state index contributed by atoms with van der Waals surface area (Å²) >= 11 is 5.77. The number of halogens is 1. The highest BCUT2D eigenvalue weighted by atomic mass is 35.5. The number of primary amides is 1. The normalized spacial score (nSPS) is 18.9. The van der Waals surface area contributed by atoms with Crippen molar-refractivity contribution < 1.29 is 27.5 Å². The van der Waals surface area contributed by atoms with Crippen LogP contribution in [0.15, 0.2) is 29.2 Å². The van der Waals surface area contributed by atoms with E-state index >= 15 is 0 Å². The molecule has 0 aliphatic carbocycles. The third-order valence-electron chi connectivity index (χ3n) is 3.80. The number of ether oxygens (including phenoxy) is 1. The summed E-state index contributed by atoms with van der Waals surface area (Å²) in [6.45, 7) is 1.40. The van der Waals surface area contributed by atoms with Crippen LogP contribution in [0.3, 0.4) is 0 Å². The first kappa shape index (κ1) is 20.1. The van der Waals surface area contributed by atoms with E-state index in [4.69, 9.17) is 22.1 Å². The van der Waals surface area contributed by atoms with E-state index in [0.29, 0.717) is 11.4 Å². The number of benzene rings is 1. The summed E-state index contributed by atoms with van der Waals surface area (Å²) in [4.78, 5) is 34.6. The molecule has 1 aromatic rings. The number of nitrogens with zero attached hydrogens (tertiary/aromatic N) is 1. The molecular formula is C15H18ClN3O6S. The highest BCUT2D eigenvalue weighted by molar-refractivity contribution is 7.89. The Kier molecular flexibility index (Phi) is 6.21. The van der Waals surface area contributed by atoms with Crippen molar-refractivity contribution in [1.82, 2.24) is 9.62 Å². The molecule has 0 radical (unpaired) electrons. The van der Waals surface area contributed by atoms with E-state index in [-0.39, 0.29) is 17.9 Å². The second-order valence-electron chi connectivity index (χ2n) is 5.66. The van der Waals surface area contributed by atoms with Gasteiger partial charge in [-0.25, -0.2) is 13.2 Å². The smallest absolute Gasteiger partial charge is 0.325 e. The molecule has 0 unspecified atom stereocenters. The predicted octanol–water partition coefficient (Wildman–Crippen LogP) is 0.620. The third-order valence-corrected chi connectivity index (χ3v) is 5.98. The van der Waals surface area contributed by atoms with Crippen LogP contribution in [0.2, 0.25) is 5.02 Å². The molecule has 0 saturated carbocycles. The summed E-state index contributed by atoms with van der Waals surface area (Å²) < 4.78 is 31.6. The summed E-state index contributed by atoms with van der Waals surface area (Å²) in [5, 5.41) is 2.17. The number of urea groups is 1. The Morgan fingerprint density at radius 2 is 1.92 bits per heavy atom. The third kappa shape index (κ3) is 4.51. The van der Waals surface area contributed by atoms with Crippen molar-refractivity contribution in [3.8, 4) is 0 Å². The van der Waals surface area contributed by atoms with Gasteiger partial charge in [0.15, 0.2) is 6.10 Å². The van der Waals surface area contributed by atoms with E-state index in [0.717, 1.165) is 4.31 Å². The lowest BCUT2D eigenvalue weighted by Gasteiger charge is -2.24. The molecule has 1 aromatic carbocycles. The number of nitrogens with one attached hydrogen (secondary N) is 1. The minimum absolute atomic E-state index is 0.00104. The average molecular weight is 404 g/mol. The minimum atomic E-state index is -3.93. The van der Waals surface area contributed by atoms with Gasteiger partial charge in [0.1, 0.15) is 6.04 Å². The van der Waals surface area contributed by atoms with Crippen molar-refractivity contribution in [2.45, 2.75) is 36.8 Å². The molecule has 11 heteroatoms. The number of carbonyl (C=O) groups excluding carboxylic acids is 3. The molecule has 2 atom stereocenters. The van der Waals surface area contributed by atoms with Gasteiger partial charge in [-0.05, 0) is 44.0 Å². The van der Waals surface area contributed by atoms with E-state index < -0.39 is 40.1 Å². The summed E-state index contributed by atoms with van der Waals surface area (Å²) in [7, 11) is -3.93. The first-order valence-corrected chi connectivity index (χ1v) is 9.53. The number of carbonyl (C=O) groups is 3. The first-order chi connectivity index (χ1) is 12.1. The monoisotopic (exact) mass is 403 g/mol. The summed E-state index contributed by atoms with van der Waals surface area (Å²) in [6, 6.07) is 3.44.